The second-order valence-corrected chi connectivity index (χ2v) is 7.73. The number of amides is 1. The second-order valence-electron chi connectivity index (χ2n) is 7.73. The Hall–Kier alpha value is -3.78. The number of carbonyl (C=O) groups is 1. The van der Waals surface area contributed by atoms with E-state index < -0.39 is 0 Å². The Labute approximate surface area is 185 Å². The molecule has 0 saturated carbocycles. The van der Waals surface area contributed by atoms with Crippen LogP contribution in [0.3, 0.4) is 0 Å². The van der Waals surface area contributed by atoms with Gasteiger partial charge in [0.25, 0.3) is 5.91 Å². The molecule has 162 valence electrons. The molecule has 8 nitrogen and oxygen atoms in total. The average Bonchev–Trinajstić information content (AvgIpc) is 3.27. The molecule has 4 heterocycles. The van der Waals surface area contributed by atoms with E-state index in [1.165, 1.54) is 0 Å². The number of fused-ring (bicyclic) bond motifs is 1. The predicted molar refractivity (Wildman–Crippen MR) is 119 cm³/mol. The summed E-state index contributed by atoms with van der Waals surface area (Å²) < 4.78 is 13.2. The van der Waals surface area contributed by atoms with E-state index in [2.05, 4.69) is 15.0 Å². The third kappa shape index (κ3) is 3.80. The molecule has 5 rings (SSSR count). The molecule has 0 unspecified atom stereocenters. The minimum atomic E-state index is -0.387. The quantitative estimate of drug-likeness (QED) is 0.495. The van der Waals surface area contributed by atoms with Crippen LogP contribution in [0, 0.1) is 6.92 Å². The minimum Gasteiger partial charge on any atom is -0.497 e. The zero-order valence-electron chi connectivity index (χ0n) is 17.9. The van der Waals surface area contributed by atoms with Crippen molar-refractivity contribution in [3.8, 4) is 17.0 Å². The van der Waals surface area contributed by atoms with E-state index in [0.29, 0.717) is 36.8 Å². The Bertz CT molecular complexity index is 1290. The molecule has 0 N–H and O–H groups in total. The van der Waals surface area contributed by atoms with Gasteiger partial charge in [-0.25, -0.2) is 4.98 Å². The van der Waals surface area contributed by atoms with E-state index in [4.69, 9.17) is 9.47 Å². The van der Waals surface area contributed by atoms with Crippen LogP contribution in [0.2, 0.25) is 0 Å². The zero-order valence-corrected chi connectivity index (χ0v) is 17.9. The number of benzene rings is 1. The van der Waals surface area contributed by atoms with Gasteiger partial charge in [0.05, 0.1) is 31.6 Å². The topological polar surface area (TPSA) is 81.9 Å². The first-order chi connectivity index (χ1) is 15.6. The highest BCUT2D eigenvalue weighted by molar-refractivity contribution is 5.93. The van der Waals surface area contributed by atoms with Crippen LogP contribution in [-0.4, -0.2) is 57.0 Å². The second kappa shape index (κ2) is 8.39. The van der Waals surface area contributed by atoms with Crippen LogP contribution in [0.1, 0.15) is 27.8 Å². The first-order valence-corrected chi connectivity index (χ1v) is 10.4. The number of hydrogen-bond donors (Lipinski definition) is 0. The van der Waals surface area contributed by atoms with Crippen LogP contribution in [-0.2, 0) is 4.74 Å². The first-order valence-electron chi connectivity index (χ1n) is 10.4. The lowest BCUT2D eigenvalue weighted by molar-refractivity contribution is -0.0247. The minimum absolute atomic E-state index is 0.119. The van der Waals surface area contributed by atoms with Gasteiger partial charge >= 0.3 is 0 Å². The van der Waals surface area contributed by atoms with E-state index in [9.17, 15) is 4.79 Å². The van der Waals surface area contributed by atoms with Crippen LogP contribution < -0.4 is 4.74 Å². The number of rotatable bonds is 4. The smallest absolute Gasteiger partial charge is 0.274 e. The van der Waals surface area contributed by atoms with Crippen molar-refractivity contribution in [2.75, 3.05) is 26.8 Å². The largest absolute Gasteiger partial charge is 0.497 e. The molecule has 1 aliphatic rings. The van der Waals surface area contributed by atoms with Crippen molar-refractivity contribution in [1.29, 1.82) is 0 Å². The van der Waals surface area contributed by atoms with Crippen LogP contribution >= 0.6 is 0 Å². The molecule has 1 atom stereocenters. The van der Waals surface area contributed by atoms with E-state index in [0.717, 1.165) is 22.5 Å². The van der Waals surface area contributed by atoms with Crippen LogP contribution in [0.25, 0.3) is 16.9 Å². The Kier molecular flexibility index (Phi) is 5.28. The highest BCUT2D eigenvalue weighted by Crippen LogP contribution is 2.31. The van der Waals surface area contributed by atoms with Gasteiger partial charge in [0, 0.05) is 36.9 Å². The molecule has 1 saturated heterocycles. The van der Waals surface area contributed by atoms with Crippen molar-refractivity contribution in [3.63, 3.8) is 0 Å². The van der Waals surface area contributed by atoms with Gasteiger partial charge in [-0.2, -0.15) is 0 Å². The predicted octanol–water partition coefficient (Wildman–Crippen LogP) is 3.32. The van der Waals surface area contributed by atoms with Crippen molar-refractivity contribution in [3.05, 3.63) is 78.1 Å². The number of aryl methyl sites for hydroxylation is 1. The Morgan fingerprint density at radius 1 is 1.19 bits per heavy atom. The Morgan fingerprint density at radius 2 is 2.06 bits per heavy atom. The molecule has 3 aromatic heterocycles. The maximum Gasteiger partial charge on any atom is 0.274 e. The summed E-state index contributed by atoms with van der Waals surface area (Å²) >= 11 is 0. The van der Waals surface area contributed by atoms with Gasteiger partial charge in [-0.1, -0.05) is 12.1 Å². The van der Waals surface area contributed by atoms with Crippen LogP contribution in [0.5, 0.6) is 5.75 Å². The van der Waals surface area contributed by atoms with E-state index in [-0.39, 0.29) is 12.0 Å². The molecule has 0 bridgehead atoms. The number of pyridine rings is 1. The number of methoxy groups -OCH3 is 1. The van der Waals surface area contributed by atoms with E-state index in [1.54, 1.807) is 30.6 Å². The molecule has 32 heavy (non-hydrogen) atoms. The van der Waals surface area contributed by atoms with Gasteiger partial charge in [-0.15, -0.1) is 0 Å². The number of morpholine rings is 1. The van der Waals surface area contributed by atoms with Crippen molar-refractivity contribution < 1.29 is 14.3 Å². The van der Waals surface area contributed by atoms with Crippen molar-refractivity contribution in [2.24, 2.45) is 0 Å². The summed E-state index contributed by atoms with van der Waals surface area (Å²) in [6.07, 6.45) is 6.60. The summed E-state index contributed by atoms with van der Waals surface area (Å²) in [5.41, 5.74) is 4.57. The molecule has 1 aromatic carbocycles. The van der Waals surface area contributed by atoms with Crippen molar-refractivity contribution in [1.82, 2.24) is 24.3 Å². The molecule has 0 aliphatic carbocycles. The van der Waals surface area contributed by atoms with Gasteiger partial charge < -0.3 is 18.8 Å². The maximum absolute atomic E-state index is 13.2. The van der Waals surface area contributed by atoms with Gasteiger partial charge in [0.2, 0.25) is 0 Å². The molecule has 1 aliphatic heterocycles. The van der Waals surface area contributed by atoms with Gasteiger partial charge in [0.1, 0.15) is 23.2 Å². The third-order valence-electron chi connectivity index (χ3n) is 5.56. The molecule has 0 spiro atoms. The molecule has 0 radical (unpaired) electrons. The van der Waals surface area contributed by atoms with Crippen LogP contribution in [0.15, 0.2) is 61.2 Å². The average molecular weight is 429 g/mol. The fraction of sp³-hybridized carbons (Fsp3) is 0.250. The normalized spacial score (nSPS) is 16.3. The molecular formula is C24H23N5O3. The number of aromatic nitrogens is 4. The number of carbonyl (C=O) groups excluding carboxylic acids is 1. The molecule has 1 fully saturated rings. The highest BCUT2D eigenvalue weighted by atomic mass is 16.5. The fourth-order valence-corrected chi connectivity index (χ4v) is 3.93. The first kappa shape index (κ1) is 20.1. The lowest BCUT2D eigenvalue weighted by atomic mass is 10.0. The lowest BCUT2D eigenvalue weighted by Crippen LogP contribution is -2.42. The summed E-state index contributed by atoms with van der Waals surface area (Å²) in [5, 5.41) is 0. The summed E-state index contributed by atoms with van der Waals surface area (Å²) in [5.74, 6) is 0.619. The summed E-state index contributed by atoms with van der Waals surface area (Å²) in [7, 11) is 1.63. The van der Waals surface area contributed by atoms with Crippen molar-refractivity contribution in [2.45, 2.75) is 13.0 Å². The zero-order chi connectivity index (χ0) is 22.1. The third-order valence-corrected chi connectivity index (χ3v) is 5.56. The van der Waals surface area contributed by atoms with Crippen LogP contribution in [0.4, 0.5) is 0 Å². The number of nitrogens with zero attached hydrogens (tertiary/aromatic N) is 5. The monoisotopic (exact) mass is 429 g/mol. The fourth-order valence-electron chi connectivity index (χ4n) is 3.93. The Balaban J connectivity index is 1.42. The Morgan fingerprint density at radius 3 is 2.94 bits per heavy atom. The lowest BCUT2D eigenvalue weighted by Gasteiger charge is -2.32. The van der Waals surface area contributed by atoms with Gasteiger partial charge in [0.15, 0.2) is 0 Å². The maximum atomic E-state index is 13.2. The summed E-state index contributed by atoms with van der Waals surface area (Å²) in [4.78, 5) is 28.6. The van der Waals surface area contributed by atoms with E-state index >= 15 is 0 Å². The molecular weight excluding hydrogens is 406 g/mol. The molecule has 4 aromatic rings. The van der Waals surface area contributed by atoms with E-state index in [1.807, 2.05) is 53.9 Å². The number of ether oxygens (including phenoxy) is 2. The highest BCUT2D eigenvalue weighted by Gasteiger charge is 2.30. The van der Waals surface area contributed by atoms with Crippen molar-refractivity contribution >= 4 is 11.6 Å². The van der Waals surface area contributed by atoms with Gasteiger partial charge in [-0.3, -0.25) is 14.8 Å². The standard InChI is InChI=1S/C24H23N5O3/c1-16-6-9-28-14-19(27-21(28)12-16)24(30)29-10-11-32-20(15-29)23-22(25-7-8-26-23)17-4-3-5-18(13-17)31-2/h3-9,12-14,20H,10-11,15H2,1-2H3/t20-/m0/s1. The summed E-state index contributed by atoms with van der Waals surface area (Å²) in [6.45, 7) is 3.29. The SMILES string of the molecule is COc1cccc(-c2nccnc2[C@@H]2CN(C(=O)c3cn4ccc(C)cc4n3)CCO2)c1. The molecule has 8 heteroatoms. The number of hydrogen-bond acceptors (Lipinski definition) is 6. The number of imidazole rings is 1. The van der Waals surface area contributed by atoms with Gasteiger partial charge in [-0.05, 0) is 36.8 Å². The summed E-state index contributed by atoms with van der Waals surface area (Å²) in [6, 6.07) is 11.6. The molecule has 1 amide bonds.